The number of hydrogen-bond donors (Lipinski definition) is 3. The van der Waals surface area contributed by atoms with Crippen LogP contribution in [0.3, 0.4) is 0 Å². The summed E-state index contributed by atoms with van der Waals surface area (Å²) in [6.07, 6.45) is 0. The molecule has 80 valence electrons. The third kappa shape index (κ3) is 3.31. The molecular formula is C8H14N2O4. The van der Waals surface area contributed by atoms with Crippen molar-refractivity contribution in [3.63, 3.8) is 0 Å². The van der Waals surface area contributed by atoms with Gasteiger partial charge in [-0.05, 0) is 6.92 Å². The lowest BCUT2D eigenvalue weighted by atomic mass is 10.0. The van der Waals surface area contributed by atoms with E-state index in [1.807, 2.05) is 6.92 Å². The van der Waals surface area contributed by atoms with Crippen LogP contribution >= 0.6 is 0 Å². The van der Waals surface area contributed by atoms with E-state index >= 15 is 0 Å². The molecule has 0 unspecified atom stereocenters. The number of carboxylic acids is 1. The number of hydrogen-bond acceptors (Lipinski definition) is 4. The molecule has 1 saturated heterocycles. The molecule has 0 aromatic heterocycles. The maximum atomic E-state index is 11.0. The molecule has 0 aromatic carbocycles. The van der Waals surface area contributed by atoms with Crippen LogP contribution in [0.2, 0.25) is 0 Å². The van der Waals surface area contributed by atoms with Crippen LogP contribution in [-0.2, 0) is 14.3 Å². The molecule has 1 aliphatic heterocycles. The van der Waals surface area contributed by atoms with E-state index in [-0.39, 0.29) is 18.8 Å². The first-order valence-corrected chi connectivity index (χ1v) is 4.35. The number of ether oxygens (including phenoxy) is 1. The lowest BCUT2D eigenvalue weighted by Gasteiger charge is -2.38. The number of nitrogens with one attached hydrogen (secondary N) is 2. The van der Waals surface area contributed by atoms with Gasteiger partial charge in [0, 0.05) is 13.1 Å². The van der Waals surface area contributed by atoms with Gasteiger partial charge in [-0.2, -0.15) is 0 Å². The molecule has 0 atom stereocenters. The fourth-order valence-electron chi connectivity index (χ4n) is 1.04. The number of carbonyl (C=O) groups is 2. The second-order valence-electron chi connectivity index (χ2n) is 3.51. The minimum absolute atomic E-state index is 0.0918. The van der Waals surface area contributed by atoms with E-state index in [1.165, 1.54) is 0 Å². The molecular weight excluding hydrogens is 188 g/mol. The summed E-state index contributed by atoms with van der Waals surface area (Å²) in [4.78, 5) is 21.1. The Balaban J connectivity index is 2.11. The molecule has 1 amide bonds. The molecule has 1 fully saturated rings. The maximum Gasteiger partial charge on any atom is 0.322 e. The minimum Gasteiger partial charge on any atom is -0.480 e. The van der Waals surface area contributed by atoms with E-state index in [2.05, 4.69) is 10.6 Å². The molecule has 1 heterocycles. The molecule has 1 rings (SSSR count). The van der Waals surface area contributed by atoms with E-state index in [0.29, 0.717) is 0 Å². The number of aliphatic carboxylic acids is 1. The average Bonchev–Trinajstić information content (AvgIpc) is 2.08. The zero-order chi connectivity index (χ0) is 10.6. The van der Waals surface area contributed by atoms with Crippen molar-refractivity contribution in [2.24, 2.45) is 0 Å². The smallest absolute Gasteiger partial charge is 0.322 e. The average molecular weight is 202 g/mol. The van der Waals surface area contributed by atoms with Crippen molar-refractivity contribution in [1.82, 2.24) is 10.6 Å². The Morgan fingerprint density at radius 3 is 2.64 bits per heavy atom. The van der Waals surface area contributed by atoms with Gasteiger partial charge in [0.1, 0.15) is 13.2 Å². The van der Waals surface area contributed by atoms with Gasteiger partial charge in [0.2, 0.25) is 5.91 Å². The normalized spacial score (nSPS) is 18.4. The van der Waals surface area contributed by atoms with Crippen molar-refractivity contribution in [2.75, 3.05) is 26.2 Å². The molecule has 6 nitrogen and oxygen atoms in total. The quantitative estimate of drug-likeness (QED) is 0.508. The van der Waals surface area contributed by atoms with Crippen molar-refractivity contribution >= 4 is 11.9 Å². The number of rotatable bonds is 5. The van der Waals surface area contributed by atoms with Gasteiger partial charge in [0.25, 0.3) is 0 Å². The first kappa shape index (κ1) is 10.9. The topological polar surface area (TPSA) is 87.7 Å². The van der Waals surface area contributed by atoms with Crippen LogP contribution in [0, 0.1) is 0 Å². The molecule has 6 heteroatoms. The van der Waals surface area contributed by atoms with Crippen LogP contribution in [0.4, 0.5) is 0 Å². The van der Waals surface area contributed by atoms with Crippen LogP contribution in [0.5, 0.6) is 0 Å². The Labute approximate surface area is 81.6 Å². The predicted molar refractivity (Wildman–Crippen MR) is 47.9 cm³/mol. The highest BCUT2D eigenvalue weighted by Gasteiger charge is 2.32. The van der Waals surface area contributed by atoms with Crippen LogP contribution in [0.1, 0.15) is 6.92 Å². The second-order valence-corrected chi connectivity index (χ2v) is 3.51. The van der Waals surface area contributed by atoms with Crippen LogP contribution in [0.25, 0.3) is 0 Å². The Bertz CT molecular complexity index is 237. The fraction of sp³-hybridized carbons (Fsp3) is 0.750. The van der Waals surface area contributed by atoms with E-state index in [1.54, 1.807) is 0 Å². The molecule has 0 aliphatic carbocycles. The monoisotopic (exact) mass is 202 g/mol. The second kappa shape index (κ2) is 4.39. The molecule has 1 aliphatic rings. The fourth-order valence-corrected chi connectivity index (χ4v) is 1.04. The summed E-state index contributed by atoms with van der Waals surface area (Å²) in [6.45, 7) is 2.88. The van der Waals surface area contributed by atoms with Gasteiger partial charge >= 0.3 is 5.97 Å². The third-order valence-electron chi connectivity index (χ3n) is 1.99. The van der Waals surface area contributed by atoms with Crippen LogP contribution in [0.15, 0.2) is 0 Å². The number of carbonyl (C=O) groups excluding carboxylic acids is 1. The summed E-state index contributed by atoms with van der Waals surface area (Å²) in [7, 11) is 0. The van der Waals surface area contributed by atoms with Gasteiger partial charge in [0.15, 0.2) is 0 Å². The lowest BCUT2D eigenvalue weighted by Crippen LogP contribution is -2.59. The van der Waals surface area contributed by atoms with Crippen LogP contribution in [-0.4, -0.2) is 48.8 Å². The Morgan fingerprint density at radius 1 is 1.57 bits per heavy atom. The van der Waals surface area contributed by atoms with Crippen molar-refractivity contribution in [3.05, 3.63) is 0 Å². The molecule has 0 aromatic rings. The van der Waals surface area contributed by atoms with E-state index in [4.69, 9.17) is 9.84 Å². The van der Waals surface area contributed by atoms with Gasteiger partial charge in [-0.25, -0.2) is 0 Å². The summed E-state index contributed by atoms with van der Waals surface area (Å²) in [5.41, 5.74) is -0.277. The van der Waals surface area contributed by atoms with Gasteiger partial charge in [0.05, 0.1) is 5.60 Å². The summed E-state index contributed by atoms with van der Waals surface area (Å²) in [5.74, 6) is -1.46. The van der Waals surface area contributed by atoms with Crippen LogP contribution < -0.4 is 10.6 Å². The Hall–Kier alpha value is -1.14. The first-order chi connectivity index (χ1) is 6.52. The minimum atomic E-state index is -1.06. The Kier molecular flexibility index (Phi) is 3.43. The Morgan fingerprint density at radius 2 is 2.21 bits per heavy atom. The molecule has 0 bridgehead atoms. The van der Waals surface area contributed by atoms with E-state index in [9.17, 15) is 9.59 Å². The highest BCUT2D eigenvalue weighted by molar-refractivity contribution is 5.81. The van der Waals surface area contributed by atoms with Gasteiger partial charge in [-0.1, -0.05) is 0 Å². The SMILES string of the molecule is CC1(OCC(=O)NCC(=O)O)CNC1. The summed E-state index contributed by atoms with van der Waals surface area (Å²) in [5, 5.41) is 13.5. The lowest BCUT2D eigenvalue weighted by molar-refractivity contribution is -0.141. The van der Waals surface area contributed by atoms with Gasteiger partial charge in [-0.3, -0.25) is 9.59 Å². The summed E-state index contributed by atoms with van der Waals surface area (Å²) >= 11 is 0. The van der Waals surface area contributed by atoms with Gasteiger partial charge in [-0.15, -0.1) is 0 Å². The first-order valence-electron chi connectivity index (χ1n) is 4.35. The standard InChI is InChI=1S/C8H14N2O4/c1-8(4-9-5-8)14-3-6(11)10-2-7(12)13/h9H,2-5H2,1H3,(H,10,11)(H,12,13). The summed E-state index contributed by atoms with van der Waals surface area (Å²) in [6, 6.07) is 0. The summed E-state index contributed by atoms with van der Waals surface area (Å²) < 4.78 is 5.29. The van der Waals surface area contributed by atoms with E-state index < -0.39 is 11.9 Å². The molecule has 14 heavy (non-hydrogen) atoms. The zero-order valence-corrected chi connectivity index (χ0v) is 8.00. The highest BCUT2D eigenvalue weighted by atomic mass is 16.5. The highest BCUT2D eigenvalue weighted by Crippen LogP contribution is 2.14. The third-order valence-corrected chi connectivity index (χ3v) is 1.99. The van der Waals surface area contributed by atoms with Crippen molar-refractivity contribution in [2.45, 2.75) is 12.5 Å². The number of amides is 1. The molecule has 0 saturated carbocycles. The molecule has 0 radical (unpaired) electrons. The van der Waals surface area contributed by atoms with E-state index in [0.717, 1.165) is 13.1 Å². The maximum absolute atomic E-state index is 11.0. The largest absolute Gasteiger partial charge is 0.480 e. The van der Waals surface area contributed by atoms with Crippen molar-refractivity contribution in [1.29, 1.82) is 0 Å². The van der Waals surface area contributed by atoms with Crippen molar-refractivity contribution in [3.8, 4) is 0 Å². The van der Waals surface area contributed by atoms with Gasteiger partial charge < -0.3 is 20.5 Å². The zero-order valence-electron chi connectivity index (χ0n) is 8.00. The molecule has 3 N–H and O–H groups in total. The molecule has 0 spiro atoms. The predicted octanol–water partition coefficient (Wildman–Crippen LogP) is -1.43. The van der Waals surface area contributed by atoms with Crippen molar-refractivity contribution < 1.29 is 19.4 Å². The number of carboxylic acid groups (broad SMARTS) is 1.